The number of piperazine rings is 1. The number of hydrogen-bond donors (Lipinski definition) is 0. The molecule has 1 aromatic carbocycles. The molecule has 0 saturated carbocycles. The molecular formula is C22H24N6O. The molecule has 7 nitrogen and oxygen atoms in total. The Balaban J connectivity index is 1.34. The zero-order valence-electron chi connectivity index (χ0n) is 16.5. The summed E-state index contributed by atoms with van der Waals surface area (Å²) >= 11 is 0. The van der Waals surface area contributed by atoms with Gasteiger partial charge in [-0.3, -0.25) is 14.3 Å². The van der Waals surface area contributed by atoms with Gasteiger partial charge in [-0.25, -0.2) is 15.0 Å². The number of anilines is 1. The fourth-order valence-corrected chi connectivity index (χ4v) is 4.54. The van der Waals surface area contributed by atoms with Crippen molar-refractivity contribution in [1.82, 2.24) is 24.4 Å². The van der Waals surface area contributed by atoms with Crippen LogP contribution in [0.15, 0.2) is 59.8 Å². The molecule has 4 heterocycles. The van der Waals surface area contributed by atoms with Crippen LogP contribution in [0.4, 0.5) is 5.95 Å². The molecule has 2 fully saturated rings. The Morgan fingerprint density at radius 2 is 1.93 bits per heavy atom. The quantitative estimate of drug-likeness (QED) is 0.663. The molecule has 29 heavy (non-hydrogen) atoms. The van der Waals surface area contributed by atoms with E-state index in [1.54, 1.807) is 29.9 Å². The smallest absolute Gasteiger partial charge is 0.255 e. The summed E-state index contributed by atoms with van der Waals surface area (Å²) in [6, 6.07) is 14.9. The van der Waals surface area contributed by atoms with Crippen LogP contribution in [0, 0.1) is 0 Å². The molecule has 0 amide bonds. The molecule has 2 bridgehead atoms. The van der Waals surface area contributed by atoms with Gasteiger partial charge in [0.2, 0.25) is 5.95 Å². The predicted molar refractivity (Wildman–Crippen MR) is 112 cm³/mol. The molecule has 2 aliphatic heterocycles. The minimum atomic E-state index is -0.0627. The zero-order chi connectivity index (χ0) is 19.8. The van der Waals surface area contributed by atoms with Gasteiger partial charge < -0.3 is 4.90 Å². The van der Waals surface area contributed by atoms with E-state index in [1.807, 2.05) is 0 Å². The van der Waals surface area contributed by atoms with Gasteiger partial charge in [0.15, 0.2) is 0 Å². The molecule has 0 aliphatic carbocycles. The fourth-order valence-electron chi connectivity index (χ4n) is 4.54. The average Bonchev–Trinajstić information content (AvgIpc) is 3.36. The SMILES string of the molecule is Cn1c(N2CC3C[C@@H]2CN3CCc2ccccc2)nc(-c2ccncn2)cc1=O. The van der Waals surface area contributed by atoms with Crippen molar-refractivity contribution in [2.45, 2.75) is 24.9 Å². The Hall–Kier alpha value is -3.06. The normalized spacial score (nSPS) is 21.1. The first kappa shape index (κ1) is 18.0. The van der Waals surface area contributed by atoms with Gasteiger partial charge in [0, 0.05) is 51.0 Å². The van der Waals surface area contributed by atoms with Gasteiger partial charge in [0.25, 0.3) is 5.56 Å². The predicted octanol–water partition coefficient (Wildman–Crippen LogP) is 1.74. The minimum Gasteiger partial charge on any atom is -0.336 e. The lowest BCUT2D eigenvalue weighted by molar-refractivity contribution is 0.240. The highest BCUT2D eigenvalue weighted by Crippen LogP contribution is 2.33. The zero-order valence-corrected chi connectivity index (χ0v) is 16.5. The molecule has 0 N–H and O–H groups in total. The average molecular weight is 388 g/mol. The van der Waals surface area contributed by atoms with Gasteiger partial charge in [0.05, 0.1) is 11.4 Å². The van der Waals surface area contributed by atoms with Crippen molar-refractivity contribution in [3.63, 3.8) is 0 Å². The van der Waals surface area contributed by atoms with Crippen molar-refractivity contribution in [1.29, 1.82) is 0 Å². The van der Waals surface area contributed by atoms with E-state index >= 15 is 0 Å². The largest absolute Gasteiger partial charge is 0.336 e. The standard InChI is InChI=1S/C22H24N6O/c1-26-21(29)12-20(19-7-9-23-15-24-19)25-22(26)28-14-17-11-18(28)13-27(17)10-8-16-5-3-2-4-6-16/h2-7,9,12,15,17-18H,8,10-11,13-14H2,1H3/t17?,18-/m1/s1. The van der Waals surface area contributed by atoms with Crippen LogP contribution in [0.2, 0.25) is 0 Å². The van der Waals surface area contributed by atoms with Gasteiger partial charge in [-0.1, -0.05) is 30.3 Å². The van der Waals surface area contributed by atoms with E-state index < -0.39 is 0 Å². The molecule has 2 saturated heterocycles. The van der Waals surface area contributed by atoms with Crippen molar-refractivity contribution in [3.8, 4) is 11.4 Å². The summed E-state index contributed by atoms with van der Waals surface area (Å²) in [6.07, 6.45) is 5.35. The van der Waals surface area contributed by atoms with E-state index in [-0.39, 0.29) is 5.56 Å². The van der Waals surface area contributed by atoms with Crippen LogP contribution in [0.5, 0.6) is 0 Å². The van der Waals surface area contributed by atoms with Crippen LogP contribution < -0.4 is 10.5 Å². The van der Waals surface area contributed by atoms with Crippen LogP contribution in [0.3, 0.4) is 0 Å². The van der Waals surface area contributed by atoms with Gasteiger partial charge in [-0.2, -0.15) is 0 Å². The highest BCUT2D eigenvalue weighted by molar-refractivity contribution is 5.55. The molecule has 1 unspecified atom stereocenters. The third-order valence-corrected chi connectivity index (χ3v) is 6.10. The number of hydrogen-bond acceptors (Lipinski definition) is 6. The molecule has 148 valence electrons. The summed E-state index contributed by atoms with van der Waals surface area (Å²) in [7, 11) is 1.80. The second-order valence-corrected chi connectivity index (χ2v) is 7.86. The maximum atomic E-state index is 12.6. The summed E-state index contributed by atoms with van der Waals surface area (Å²) < 4.78 is 1.65. The highest BCUT2D eigenvalue weighted by atomic mass is 16.1. The Kier molecular flexibility index (Phi) is 4.60. The highest BCUT2D eigenvalue weighted by Gasteiger charge is 2.44. The van der Waals surface area contributed by atoms with Crippen molar-refractivity contribution >= 4 is 5.95 Å². The van der Waals surface area contributed by atoms with Crippen LogP contribution in [-0.2, 0) is 13.5 Å². The van der Waals surface area contributed by atoms with Crippen molar-refractivity contribution in [2.75, 3.05) is 24.5 Å². The molecule has 2 atom stereocenters. The summed E-state index contributed by atoms with van der Waals surface area (Å²) in [6.45, 7) is 3.00. The van der Waals surface area contributed by atoms with Gasteiger partial charge >= 0.3 is 0 Å². The number of nitrogens with zero attached hydrogens (tertiary/aromatic N) is 6. The molecule has 0 radical (unpaired) electrons. The van der Waals surface area contributed by atoms with Crippen LogP contribution in [-0.4, -0.2) is 56.1 Å². The topological polar surface area (TPSA) is 67.2 Å². The Morgan fingerprint density at radius 3 is 2.66 bits per heavy atom. The number of likely N-dealkylation sites (tertiary alicyclic amines) is 1. The Morgan fingerprint density at radius 1 is 1.07 bits per heavy atom. The molecule has 3 aromatic rings. The lowest BCUT2D eigenvalue weighted by Gasteiger charge is -2.35. The molecule has 7 heteroatoms. The van der Waals surface area contributed by atoms with E-state index in [4.69, 9.17) is 4.98 Å². The second kappa shape index (κ2) is 7.40. The Bertz CT molecular complexity index is 1050. The molecular weight excluding hydrogens is 364 g/mol. The molecule has 2 aromatic heterocycles. The van der Waals surface area contributed by atoms with Gasteiger partial charge in [0.1, 0.15) is 6.33 Å². The van der Waals surface area contributed by atoms with Crippen molar-refractivity contribution < 1.29 is 0 Å². The number of fused-ring (bicyclic) bond motifs is 2. The van der Waals surface area contributed by atoms with Crippen LogP contribution in [0.25, 0.3) is 11.4 Å². The summed E-state index contributed by atoms with van der Waals surface area (Å²) in [4.78, 5) is 30.5. The second-order valence-electron chi connectivity index (χ2n) is 7.86. The number of aromatic nitrogens is 4. The molecule has 0 spiro atoms. The van der Waals surface area contributed by atoms with Crippen LogP contribution >= 0.6 is 0 Å². The lowest BCUT2D eigenvalue weighted by Crippen LogP contribution is -2.48. The van der Waals surface area contributed by atoms with Crippen LogP contribution in [0.1, 0.15) is 12.0 Å². The first-order valence-corrected chi connectivity index (χ1v) is 10.1. The number of benzene rings is 1. The van der Waals surface area contributed by atoms with Crippen molar-refractivity contribution in [2.24, 2.45) is 7.05 Å². The summed E-state index contributed by atoms with van der Waals surface area (Å²) in [5, 5.41) is 0. The van der Waals surface area contributed by atoms with E-state index in [0.29, 0.717) is 23.5 Å². The third kappa shape index (κ3) is 3.42. The van der Waals surface area contributed by atoms with E-state index in [2.05, 4.69) is 50.1 Å². The maximum absolute atomic E-state index is 12.6. The Labute approximate surface area is 169 Å². The van der Waals surface area contributed by atoms with E-state index in [9.17, 15) is 4.79 Å². The fraction of sp³-hybridized carbons (Fsp3) is 0.364. The molecule has 5 rings (SSSR count). The summed E-state index contributed by atoms with van der Waals surface area (Å²) in [5.74, 6) is 0.737. The number of rotatable bonds is 5. The maximum Gasteiger partial charge on any atom is 0.255 e. The lowest BCUT2D eigenvalue weighted by atomic mass is 10.1. The van der Waals surface area contributed by atoms with Gasteiger partial charge in [-0.05, 0) is 24.5 Å². The molecule has 2 aliphatic rings. The van der Waals surface area contributed by atoms with E-state index in [1.165, 1.54) is 11.9 Å². The van der Waals surface area contributed by atoms with E-state index in [0.717, 1.165) is 38.4 Å². The minimum absolute atomic E-state index is 0.0627. The summed E-state index contributed by atoms with van der Waals surface area (Å²) in [5.41, 5.74) is 2.60. The third-order valence-electron chi connectivity index (χ3n) is 6.10. The first-order chi connectivity index (χ1) is 14.2. The first-order valence-electron chi connectivity index (χ1n) is 10.1. The monoisotopic (exact) mass is 388 g/mol. The van der Waals surface area contributed by atoms with Crippen molar-refractivity contribution in [3.05, 3.63) is 70.9 Å². The van der Waals surface area contributed by atoms with Gasteiger partial charge in [-0.15, -0.1) is 0 Å².